The summed E-state index contributed by atoms with van der Waals surface area (Å²) < 4.78 is 37.2. The van der Waals surface area contributed by atoms with Crippen LogP contribution in [0.4, 0.5) is 16.2 Å². The number of hydrogen-bond donors (Lipinski definition) is 2. The number of urea groups is 1. The van der Waals surface area contributed by atoms with E-state index in [0.29, 0.717) is 31.7 Å². The van der Waals surface area contributed by atoms with Gasteiger partial charge >= 0.3 is 16.2 Å². The smallest absolute Gasteiger partial charge is 0.334 e. The van der Waals surface area contributed by atoms with Crippen molar-refractivity contribution < 1.29 is 17.9 Å². The van der Waals surface area contributed by atoms with Crippen molar-refractivity contribution in [2.24, 2.45) is 0 Å². The summed E-state index contributed by atoms with van der Waals surface area (Å²) in [6.45, 7) is 0.856. The maximum absolute atomic E-state index is 13.5. The molecule has 1 aliphatic heterocycles. The molecule has 1 aromatic carbocycles. The third kappa shape index (κ3) is 5.37. The van der Waals surface area contributed by atoms with E-state index in [-0.39, 0.29) is 42.1 Å². The maximum atomic E-state index is 13.5. The molecule has 1 aromatic heterocycles. The van der Waals surface area contributed by atoms with Crippen LogP contribution in [-0.2, 0) is 47.2 Å². The summed E-state index contributed by atoms with van der Waals surface area (Å²) >= 11 is 0. The molecule has 10 nitrogen and oxygen atoms in total. The number of nitrogens with zero attached hydrogens (tertiary/aromatic N) is 4. The van der Waals surface area contributed by atoms with Crippen LogP contribution in [0.2, 0.25) is 0 Å². The van der Waals surface area contributed by atoms with E-state index in [4.69, 9.17) is 10.00 Å². The molecule has 2 N–H and O–H groups in total. The van der Waals surface area contributed by atoms with E-state index in [1.807, 2.05) is 6.07 Å². The van der Waals surface area contributed by atoms with E-state index in [0.717, 1.165) is 55.3 Å². The summed E-state index contributed by atoms with van der Waals surface area (Å²) in [5.41, 5.74) is 5.87. The summed E-state index contributed by atoms with van der Waals surface area (Å²) in [5.74, 6) is 0. The van der Waals surface area contributed by atoms with Gasteiger partial charge in [0.05, 0.1) is 30.2 Å². The van der Waals surface area contributed by atoms with Gasteiger partial charge in [0, 0.05) is 48.5 Å². The average molecular weight is 508 g/mol. The summed E-state index contributed by atoms with van der Waals surface area (Å²) in [6.07, 6.45) is 9.72. The summed E-state index contributed by atoms with van der Waals surface area (Å²) in [4.78, 5) is 13.0. The minimum atomic E-state index is -4.24. The number of rotatable bonds is 6. The number of nitriles is 1. The van der Waals surface area contributed by atoms with Gasteiger partial charge in [-0.05, 0) is 73.6 Å². The Bertz CT molecular complexity index is 1220. The molecule has 2 aliphatic carbocycles. The molecule has 35 heavy (non-hydrogen) atoms. The molecular formula is C23H28N6NaO4S. The zero-order valence-electron chi connectivity index (χ0n) is 19.9. The Morgan fingerprint density at radius 3 is 2.46 bits per heavy atom. The Morgan fingerprint density at radius 1 is 1.17 bits per heavy atom. The van der Waals surface area contributed by atoms with Gasteiger partial charge in [0.2, 0.25) is 0 Å². The molecule has 0 spiro atoms. The molecule has 12 heteroatoms. The van der Waals surface area contributed by atoms with Gasteiger partial charge in [-0.2, -0.15) is 18.8 Å². The first kappa shape index (κ1) is 26.0. The second kappa shape index (κ2) is 10.9. The monoisotopic (exact) mass is 507 g/mol. The van der Waals surface area contributed by atoms with Gasteiger partial charge in [-0.3, -0.25) is 4.68 Å². The Hall–Kier alpha value is -2.10. The van der Waals surface area contributed by atoms with E-state index in [1.54, 1.807) is 0 Å². The molecule has 2 heterocycles. The van der Waals surface area contributed by atoms with Crippen molar-refractivity contribution in [3.05, 3.63) is 40.7 Å². The zero-order valence-corrected chi connectivity index (χ0v) is 22.7. The molecule has 2 aromatic rings. The normalized spacial score (nSPS) is 17.1. The van der Waals surface area contributed by atoms with Crippen molar-refractivity contribution in [2.45, 2.75) is 64.0 Å². The number of nitrogens with one attached hydrogen (secondary N) is 2. The number of carbonyl (C=O) groups is 1. The predicted octanol–water partition coefficient (Wildman–Crippen LogP) is 2.06. The van der Waals surface area contributed by atoms with Gasteiger partial charge in [-0.1, -0.05) is 6.07 Å². The van der Waals surface area contributed by atoms with Gasteiger partial charge in [0.1, 0.15) is 6.54 Å². The fraction of sp³-hybridized carbons (Fsp3) is 0.522. The molecule has 5 rings (SSSR count). The van der Waals surface area contributed by atoms with Gasteiger partial charge < -0.3 is 10.1 Å². The molecule has 181 valence electrons. The topological polar surface area (TPSA) is 129 Å². The molecule has 3 aliphatic rings. The fourth-order valence-electron chi connectivity index (χ4n) is 5.36. The van der Waals surface area contributed by atoms with Gasteiger partial charge in [-0.25, -0.2) is 13.8 Å². The van der Waals surface area contributed by atoms with Crippen molar-refractivity contribution in [2.75, 3.05) is 22.8 Å². The van der Waals surface area contributed by atoms with Crippen LogP contribution in [0, 0.1) is 11.3 Å². The number of aryl methyl sites for hydroxylation is 2. The molecule has 1 saturated heterocycles. The van der Waals surface area contributed by atoms with Crippen LogP contribution in [0.25, 0.3) is 0 Å². The van der Waals surface area contributed by atoms with Crippen LogP contribution in [0.15, 0.2) is 18.5 Å². The summed E-state index contributed by atoms with van der Waals surface area (Å²) in [7, 11) is -4.24. The molecule has 1 fully saturated rings. The summed E-state index contributed by atoms with van der Waals surface area (Å²) in [5, 5.41) is 15.9. The Balaban J connectivity index is 0.00000289. The van der Waals surface area contributed by atoms with E-state index in [2.05, 4.69) is 21.2 Å². The largest absolute Gasteiger partial charge is 0.381 e. The minimum Gasteiger partial charge on any atom is -0.381 e. The SMILES string of the molecule is N#CCn1cc(N(C2CCOCC2)S(=O)(=O)NC(=O)Nc2c3c(cc4c2CCC4)CCC3)cn1.[Na]. The van der Waals surface area contributed by atoms with Crippen molar-refractivity contribution in [1.29, 1.82) is 5.26 Å². The van der Waals surface area contributed by atoms with Gasteiger partial charge in [-0.15, -0.1) is 0 Å². The molecular weight excluding hydrogens is 479 g/mol. The molecule has 2 amide bonds. The minimum absolute atomic E-state index is 0. The number of hydrogen-bond acceptors (Lipinski definition) is 6. The number of amides is 2. The molecule has 0 unspecified atom stereocenters. The first-order chi connectivity index (χ1) is 16.5. The first-order valence-corrected chi connectivity index (χ1v) is 13.2. The average Bonchev–Trinajstić information content (AvgIpc) is 3.55. The molecule has 0 saturated carbocycles. The Morgan fingerprint density at radius 2 is 1.83 bits per heavy atom. The third-order valence-electron chi connectivity index (χ3n) is 6.82. The molecule has 0 bridgehead atoms. The second-order valence-corrected chi connectivity index (χ2v) is 10.5. The van der Waals surface area contributed by atoms with E-state index in [9.17, 15) is 13.2 Å². The number of carbonyl (C=O) groups excluding carboxylic acids is 1. The quantitative estimate of drug-likeness (QED) is 0.576. The number of benzene rings is 1. The van der Waals surface area contributed by atoms with E-state index < -0.39 is 16.2 Å². The van der Waals surface area contributed by atoms with Crippen LogP contribution in [0.5, 0.6) is 0 Å². The Labute approximate surface area is 227 Å². The number of anilines is 2. The number of ether oxygens (including phenoxy) is 1. The molecule has 1 radical (unpaired) electrons. The van der Waals surface area contributed by atoms with E-state index in [1.165, 1.54) is 32.5 Å². The Kier molecular flexibility index (Phi) is 8.08. The van der Waals surface area contributed by atoms with Crippen molar-refractivity contribution in [3.8, 4) is 6.07 Å². The van der Waals surface area contributed by atoms with Crippen LogP contribution in [-0.4, -0.2) is 73.0 Å². The molecule has 0 atom stereocenters. The van der Waals surface area contributed by atoms with Crippen LogP contribution in [0.1, 0.15) is 47.9 Å². The zero-order chi connectivity index (χ0) is 23.7. The second-order valence-electron chi connectivity index (χ2n) is 8.99. The van der Waals surface area contributed by atoms with Crippen molar-refractivity contribution in [3.63, 3.8) is 0 Å². The maximum Gasteiger partial charge on any atom is 0.334 e. The van der Waals surface area contributed by atoms with Crippen LogP contribution < -0.4 is 14.3 Å². The van der Waals surface area contributed by atoms with Crippen LogP contribution in [0.3, 0.4) is 0 Å². The van der Waals surface area contributed by atoms with E-state index >= 15 is 0 Å². The standard InChI is InChI=1S/C23H28N6O4S.Na/c24-9-10-28-15-19(14-25-28)29(18-7-11-33-12-8-18)34(31,32)27-23(30)26-22-20-5-1-3-16(20)13-17-4-2-6-21(17)22;/h13-15,18H,1-8,10-12H2,(H2,26,27,30);. The summed E-state index contributed by atoms with van der Waals surface area (Å²) in [6, 6.07) is 3.09. The van der Waals surface area contributed by atoms with Crippen molar-refractivity contribution in [1.82, 2.24) is 14.5 Å². The van der Waals surface area contributed by atoms with Crippen molar-refractivity contribution >= 4 is 57.2 Å². The third-order valence-corrected chi connectivity index (χ3v) is 8.29. The predicted molar refractivity (Wildman–Crippen MR) is 131 cm³/mol. The first-order valence-electron chi connectivity index (χ1n) is 11.7. The van der Waals surface area contributed by atoms with Gasteiger partial charge in [0.25, 0.3) is 0 Å². The fourth-order valence-corrected chi connectivity index (χ4v) is 6.72. The van der Waals surface area contributed by atoms with Crippen LogP contribution >= 0.6 is 0 Å². The van der Waals surface area contributed by atoms with Gasteiger partial charge in [0.15, 0.2) is 0 Å². The number of fused-ring (bicyclic) bond motifs is 2. The number of aromatic nitrogens is 2.